The van der Waals surface area contributed by atoms with Crippen LogP contribution in [-0.4, -0.2) is 62.6 Å². The van der Waals surface area contributed by atoms with E-state index in [0.29, 0.717) is 42.4 Å². The average molecular weight is 797 g/mol. The summed E-state index contributed by atoms with van der Waals surface area (Å²) in [7, 11) is 0. The maximum Gasteiger partial charge on any atom is 0.343 e. The van der Waals surface area contributed by atoms with E-state index >= 15 is 0 Å². The first kappa shape index (κ1) is 45.5. The number of hydrogen-bond donors (Lipinski definition) is 0. The lowest BCUT2D eigenvalue weighted by molar-refractivity contribution is -0.158. The highest BCUT2D eigenvalue weighted by molar-refractivity contribution is 5.92. The van der Waals surface area contributed by atoms with Crippen LogP contribution in [0.3, 0.4) is 0 Å². The quantitative estimate of drug-likeness (QED) is 0.0671. The van der Waals surface area contributed by atoms with Gasteiger partial charge in [-0.05, 0) is 129 Å². The van der Waals surface area contributed by atoms with E-state index in [2.05, 4.69) is 41.5 Å². The fourth-order valence-corrected chi connectivity index (χ4v) is 5.90. The second kappa shape index (κ2) is 21.0. The number of ether oxygens (including phenoxy) is 7. The van der Waals surface area contributed by atoms with E-state index in [1.54, 1.807) is 60.7 Å². The van der Waals surface area contributed by atoms with Crippen molar-refractivity contribution < 1.29 is 47.5 Å². The summed E-state index contributed by atoms with van der Waals surface area (Å²) < 4.78 is 40.1. The molecule has 4 aromatic carbocycles. The third-order valence-corrected chi connectivity index (χ3v) is 9.13. The van der Waals surface area contributed by atoms with E-state index in [1.165, 1.54) is 0 Å². The second-order valence-electron chi connectivity index (χ2n) is 16.8. The van der Waals surface area contributed by atoms with Gasteiger partial charge >= 0.3 is 17.9 Å². The Morgan fingerprint density at radius 2 is 0.948 bits per heavy atom. The molecule has 0 radical (unpaired) electrons. The minimum absolute atomic E-state index is 0.0115. The van der Waals surface area contributed by atoms with Crippen LogP contribution in [0.2, 0.25) is 0 Å². The fraction of sp³-hybridized carbons (Fsp3) is 0.438. The number of esters is 3. The molecule has 10 nitrogen and oxygen atoms in total. The van der Waals surface area contributed by atoms with E-state index in [4.69, 9.17) is 33.2 Å². The lowest BCUT2D eigenvalue weighted by Gasteiger charge is -2.34. The fourth-order valence-electron chi connectivity index (χ4n) is 5.90. The first-order valence-corrected chi connectivity index (χ1v) is 19.9. The van der Waals surface area contributed by atoms with Crippen molar-refractivity contribution in [2.24, 2.45) is 16.7 Å². The summed E-state index contributed by atoms with van der Waals surface area (Å²) in [5, 5.41) is 0. The van der Waals surface area contributed by atoms with Gasteiger partial charge in [-0.15, -0.1) is 0 Å². The lowest BCUT2D eigenvalue weighted by atomic mass is 9.72. The van der Waals surface area contributed by atoms with Gasteiger partial charge in [0.05, 0.1) is 49.1 Å². The zero-order valence-electron chi connectivity index (χ0n) is 35.7. The minimum Gasteiger partial charge on any atom is -0.494 e. The smallest absolute Gasteiger partial charge is 0.343 e. The normalized spacial score (nSPS) is 13.8. The molecule has 4 atom stereocenters. The van der Waals surface area contributed by atoms with E-state index in [0.717, 1.165) is 23.3 Å². The van der Waals surface area contributed by atoms with Crippen molar-refractivity contribution >= 4 is 17.9 Å². The zero-order valence-corrected chi connectivity index (χ0v) is 35.7. The van der Waals surface area contributed by atoms with Crippen molar-refractivity contribution in [3.63, 3.8) is 0 Å². The molecule has 4 rings (SSSR count). The number of carbonyl (C=O) groups is 3. The molecule has 0 N–H and O–H groups in total. The Balaban J connectivity index is 1.15. The van der Waals surface area contributed by atoms with Gasteiger partial charge in [-0.2, -0.15) is 0 Å². The summed E-state index contributed by atoms with van der Waals surface area (Å²) in [6, 6.07) is 27.8. The first-order chi connectivity index (χ1) is 27.4. The predicted octanol–water partition coefficient (Wildman–Crippen LogP) is 10.4. The molecular formula is C48H60O10. The highest BCUT2D eigenvalue weighted by Gasteiger charge is 2.36. The van der Waals surface area contributed by atoms with Gasteiger partial charge in [0.25, 0.3) is 0 Å². The number of rotatable bonds is 19. The monoisotopic (exact) mass is 796 g/mol. The van der Waals surface area contributed by atoms with Gasteiger partial charge in [-0.3, -0.25) is 4.79 Å². The summed E-state index contributed by atoms with van der Waals surface area (Å²) in [5.74, 6) is 0.596. The van der Waals surface area contributed by atoms with Crippen LogP contribution < -0.4 is 18.9 Å². The van der Waals surface area contributed by atoms with Crippen molar-refractivity contribution in [2.45, 2.75) is 94.0 Å². The molecule has 0 fully saturated rings. The average Bonchev–Trinajstić information content (AvgIpc) is 3.18. The summed E-state index contributed by atoms with van der Waals surface area (Å²) in [4.78, 5) is 38.6. The standard InChI is InChI=1S/C48H60O10/c1-11-52-39-20-12-35(13-21-39)36-14-22-41(23-15-36)57-45(50)38-18-26-42(27-19-38)58-44(49)37-16-24-40(25-17-37)56-34(4)31-54-32(2)29-53-33(3)30-55-46(51)43(48(8,9)10)28-47(5,6)7/h12-27,32-34,43H,11,28-31H2,1-10H3. The summed E-state index contributed by atoms with van der Waals surface area (Å²) in [5.41, 5.74) is 2.46. The van der Waals surface area contributed by atoms with Gasteiger partial charge in [0.1, 0.15) is 35.7 Å². The molecule has 0 bridgehead atoms. The predicted molar refractivity (Wildman–Crippen MR) is 225 cm³/mol. The van der Waals surface area contributed by atoms with Gasteiger partial charge in [0, 0.05) is 0 Å². The molecule has 58 heavy (non-hydrogen) atoms. The molecule has 0 spiro atoms. The van der Waals surface area contributed by atoms with Crippen LogP contribution in [0.1, 0.15) is 96.4 Å². The summed E-state index contributed by atoms with van der Waals surface area (Å²) in [6.45, 7) is 21.7. The molecule has 0 saturated heterocycles. The van der Waals surface area contributed by atoms with Crippen LogP contribution >= 0.6 is 0 Å². The van der Waals surface area contributed by atoms with Crippen LogP contribution in [0.4, 0.5) is 0 Å². The number of hydrogen-bond acceptors (Lipinski definition) is 10. The van der Waals surface area contributed by atoms with E-state index in [-0.39, 0.29) is 53.4 Å². The van der Waals surface area contributed by atoms with Crippen LogP contribution in [0.15, 0.2) is 97.1 Å². The molecule has 0 aliphatic rings. The molecule has 4 unspecified atom stereocenters. The Kier molecular flexibility index (Phi) is 16.5. The first-order valence-electron chi connectivity index (χ1n) is 19.9. The van der Waals surface area contributed by atoms with Gasteiger partial charge in [-0.25, -0.2) is 9.59 Å². The van der Waals surface area contributed by atoms with Crippen LogP contribution in [0.5, 0.6) is 23.0 Å². The Morgan fingerprint density at radius 1 is 0.534 bits per heavy atom. The van der Waals surface area contributed by atoms with Crippen molar-refractivity contribution in [3.05, 3.63) is 108 Å². The molecule has 0 aliphatic heterocycles. The third-order valence-electron chi connectivity index (χ3n) is 9.13. The Hall–Kier alpha value is -5.19. The molecule has 10 heteroatoms. The van der Waals surface area contributed by atoms with Crippen LogP contribution in [-0.2, 0) is 19.0 Å². The second-order valence-corrected chi connectivity index (χ2v) is 16.8. The molecule has 0 amide bonds. The number of carbonyl (C=O) groups excluding carboxylic acids is 3. The SMILES string of the molecule is CCOc1ccc(-c2ccc(OC(=O)c3ccc(OC(=O)c4ccc(OC(C)COC(C)COC(C)COC(=O)C(CC(C)(C)C)C(C)(C)C)cc4)cc3)cc2)cc1. The Bertz CT molecular complexity index is 1890. The van der Waals surface area contributed by atoms with Gasteiger partial charge in [0.15, 0.2) is 0 Å². The van der Waals surface area contributed by atoms with E-state index in [9.17, 15) is 14.4 Å². The molecule has 4 aromatic rings. The highest BCUT2D eigenvalue weighted by atomic mass is 16.6. The van der Waals surface area contributed by atoms with Crippen molar-refractivity contribution in [3.8, 4) is 34.1 Å². The molecule has 0 aromatic heterocycles. The molecule has 0 heterocycles. The lowest BCUT2D eigenvalue weighted by Crippen LogP contribution is -2.35. The van der Waals surface area contributed by atoms with Crippen molar-refractivity contribution in [1.82, 2.24) is 0 Å². The van der Waals surface area contributed by atoms with Crippen molar-refractivity contribution in [1.29, 1.82) is 0 Å². The molecule has 0 aliphatic carbocycles. The molecule has 312 valence electrons. The highest BCUT2D eigenvalue weighted by Crippen LogP contribution is 2.37. The van der Waals surface area contributed by atoms with Crippen LogP contribution in [0, 0.1) is 16.7 Å². The molecular weight excluding hydrogens is 737 g/mol. The molecule has 0 saturated carbocycles. The maximum atomic E-state index is 12.9. The Morgan fingerprint density at radius 3 is 1.40 bits per heavy atom. The topological polar surface area (TPSA) is 116 Å². The Labute approximate surface area is 344 Å². The van der Waals surface area contributed by atoms with E-state index < -0.39 is 11.9 Å². The van der Waals surface area contributed by atoms with Gasteiger partial charge in [0.2, 0.25) is 0 Å². The third kappa shape index (κ3) is 15.0. The van der Waals surface area contributed by atoms with Gasteiger partial charge < -0.3 is 33.2 Å². The van der Waals surface area contributed by atoms with Crippen LogP contribution in [0.25, 0.3) is 11.1 Å². The summed E-state index contributed by atoms with van der Waals surface area (Å²) in [6.07, 6.45) is -0.0174. The summed E-state index contributed by atoms with van der Waals surface area (Å²) >= 11 is 0. The largest absolute Gasteiger partial charge is 0.494 e. The van der Waals surface area contributed by atoms with Crippen molar-refractivity contribution in [2.75, 3.05) is 26.4 Å². The number of benzene rings is 4. The minimum atomic E-state index is -0.553. The maximum absolute atomic E-state index is 12.9. The van der Waals surface area contributed by atoms with Gasteiger partial charge in [-0.1, -0.05) is 65.8 Å². The zero-order chi connectivity index (χ0) is 42.5. The van der Waals surface area contributed by atoms with E-state index in [1.807, 2.05) is 64.1 Å².